The maximum absolute atomic E-state index is 12.9. The van der Waals surface area contributed by atoms with Crippen LogP contribution in [0.2, 0.25) is 0 Å². The van der Waals surface area contributed by atoms with Gasteiger partial charge in [-0.05, 0) is 47.7 Å². The zero-order valence-electron chi connectivity index (χ0n) is 12.1. The number of likely N-dealkylation sites (N-methyl/N-ethyl adjacent to an activating group) is 1. The zero-order chi connectivity index (χ0) is 15.4. The van der Waals surface area contributed by atoms with Crippen molar-refractivity contribution in [3.63, 3.8) is 0 Å². The Morgan fingerprint density at radius 1 is 1.33 bits per heavy atom. The van der Waals surface area contributed by atoms with E-state index in [1.165, 1.54) is 12.1 Å². The minimum absolute atomic E-state index is 0.273. The van der Waals surface area contributed by atoms with E-state index in [4.69, 9.17) is 0 Å². The molecule has 0 amide bonds. The Balaban J connectivity index is 2.12. The summed E-state index contributed by atoms with van der Waals surface area (Å²) < 4.78 is 15.5. The lowest BCUT2D eigenvalue weighted by atomic mass is 10.1. The fraction of sp³-hybridized carbons (Fsp3) is 0.400. The topological polar surface area (TPSA) is 41.3 Å². The largest absolute Gasteiger partial charge is 0.386 e. The smallest absolute Gasteiger partial charge is 0.123 e. The van der Waals surface area contributed by atoms with E-state index < -0.39 is 6.10 Å². The van der Waals surface area contributed by atoms with Crippen LogP contribution in [0.1, 0.15) is 17.4 Å². The van der Waals surface area contributed by atoms with Crippen LogP contribution in [0.25, 0.3) is 0 Å². The number of halogens is 2. The lowest BCUT2D eigenvalue weighted by molar-refractivity contribution is 0.164. The van der Waals surface area contributed by atoms with Gasteiger partial charge in [0.25, 0.3) is 0 Å². The van der Waals surface area contributed by atoms with Gasteiger partial charge in [-0.25, -0.2) is 4.39 Å². The van der Waals surface area contributed by atoms with Gasteiger partial charge in [0.05, 0.1) is 22.9 Å². The van der Waals surface area contributed by atoms with Crippen molar-refractivity contribution in [1.29, 1.82) is 0 Å². The first-order valence-corrected chi connectivity index (χ1v) is 7.55. The zero-order valence-corrected chi connectivity index (χ0v) is 13.7. The van der Waals surface area contributed by atoms with Gasteiger partial charge < -0.3 is 10.0 Å². The summed E-state index contributed by atoms with van der Waals surface area (Å²) in [6.07, 6.45) is 1.43. The van der Waals surface area contributed by atoms with Crippen molar-refractivity contribution >= 4 is 15.9 Å². The predicted octanol–water partition coefficient (Wildman–Crippen LogP) is 2.62. The standard InChI is InChI=1S/C15H19BrFN3O/c1-19(2)7-8-20-15(13(16)10-18-20)14(21)9-11-3-5-12(17)6-4-11/h3-6,10,14,21H,7-9H2,1-2H3. The molecule has 114 valence electrons. The molecule has 0 aliphatic rings. The minimum atomic E-state index is -0.686. The fourth-order valence-corrected chi connectivity index (χ4v) is 2.68. The summed E-state index contributed by atoms with van der Waals surface area (Å²) in [5.41, 5.74) is 1.64. The van der Waals surface area contributed by atoms with Crippen molar-refractivity contribution < 1.29 is 9.50 Å². The normalized spacial score (nSPS) is 12.9. The number of aliphatic hydroxyl groups excluding tert-OH is 1. The molecule has 0 radical (unpaired) electrons. The van der Waals surface area contributed by atoms with Crippen LogP contribution in [0.15, 0.2) is 34.9 Å². The summed E-state index contributed by atoms with van der Waals surface area (Å²) in [6.45, 7) is 1.54. The van der Waals surface area contributed by atoms with Crippen LogP contribution >= 0.6 is 15.9 Å². The van der Waals surface area contributed by atoms with Crippen LogP contribution < -0.4 is 0 Å². The molecule has 4 nitrogen and oxygen atoms in total. The summed E-state index contributed by atoms with van der Waals surface area (Å²) in [5, 5.41) is 14.7. The third-order valence-electron chi connectivity index (χ3n) is 3.25. The van der Waals surface area contributed by atoms with Gasteiger partial charge in [0, 0.05) is 13.0 Å². The molecule has 21 heavy (non-hydrogen) atoms. The number of hydrogen-bond acceptors (Lipinski definition) is 3. The van der Waals surface area contributed by atoms with Crippen LogP contribution in [-0.4, -0.2) is 40.4 Å². The van der Waals surface area contributed by atoms with Gasteiger partial charge in [-0.1, -0.05) is 12.1 Å². The fourth-order valence-electron chi connectivity index (χ4n) is 2.12. The first-order chi connectivity index (χ1) is 9.97. The highest BCUT2D eigenvalue weighted by molar-refractivity contribution is 9.10. The van der Waals surface area contributed by atoms with Crippen molar-refractivity contribution in [3.8, 4) is 0 Å². The molecule has 6 heteroatoms. The molecule has 1 N–H and O–H groups in total. The van der Waals surface area contributed by atoms with Gasteiger partial charge in [-0.15, -0.1) is 0 Å². The molecule has 0 aliphatic heterocycles. The minimum Gasteiger partial charge on any atom is -0.386 e. The number of nitrogens with zero attached hydrogens (tertiary/aromatic N) is 3. The Labute approximate surface area is 132 Å². The van der Waals surface area contributed by atoms with Crippen molar-refractivity contribution in [2.45, 2.75) is 19.1 Å². The number of benzene rings is 1. The number of hydrogen-bond donors (Lipinski definition) is 1. The number of rotatable bonds is 6. The molecular weight excluding hydrogens is 337 g/mol. The van der Waals surface area contributed by atoms with Gasteiger partial charge >= 0.3 is 0 Å². The lowest BCUT2D eigenvalue weighted by Crippen LogP contribution is -2.21. The second-order valence-electron chi connectivity index (χ2n) is 5.25. The van der Waals surface area contributed by atoms with E-state index in [2.05, 4.69) is 25.9 Å². The van der Waals surface area contributed by atoms with Crippen molar-refractivity contribution in [1.82, 2.24) is 14.7 Å². The van der Waals surface area contributed by atoms with Crippen molar-refractivity contribution in [2.75, 3.05) is 20.6 Å². The molecule has 1 atom stereocenters. The molecule has 2 aromatic rings. The molecule has 0 saturated heterocycles. The highest BCUT2D eigenvalue weighted by Crippen LogP contribution is 2.26. The summed E-state index contributed by atoms with van der Waals surface area (Å²) in [7, 11) is 3.99. The summed E-state index contributed by atoms with van der Waals surface area (Å²) in [6, 6.07) is 6.18. The Bertz CT molecular complexity index is 583. The van der Waals surface area contributed by atoms with Crippen molar-refractivity contribution in [2.24, 2.45) is 0 Å². The van der Waals surface area contributed by atoms with E-state index in [1.807, 2.05) is 14.1 Å². The van der Waals surface area contributed by atoms with E-state index in [1.54, 1.807) is 23.0 Å². The Kier molecular flexibility index (Phi) is 5.50. The van der Waals surface area contributed by atoms with Crippen LogP contribution in [0.5, 0.6) is 0 Å². The Morgan fingerprint density at radius 2 is 2.00 bits per heavy atom. The van der Waals surface area contributed by atoms with Gasteiger partial charge in [0.2, 0.25) is 0 Å². The van der Waals surface area contributed by atoms with Gasteiger partial charge in [0.1, 0.15) is 11.9 Å². The summed E-state index contributed by atoms with van der Waals surface area (Å²) >= 11 is 3.43. The van der Waals surface area contributed by atoms with Crippen LogP contribution in [0.3, 0.4) is 0 Å². The van der Waals surface area contributed by atoms with Crippen molar-refractivity contribution in [3.05, 3.63) is 52.0 Å². The van der Waals surface area contributed by atoms with E-state index >= 15 is 0 Å². The average molecular weight is 356 g/mol. The Morgan fingerprint density at radius 3 is 2.62 bits per heavy atom. The second kappa shape index (κ2) is 7.15. The second-order valence-corrected chi connectivity index (χ2v) is 6.10. The highest BCUT2D eigenvalue weighted by atomic mass is 79.9. The molecule has 0 saturated carbocycles. The van der Waals surface area contributed by atoms with E-state index in [0.717, 1.165) is 22.3 Å². The summed E-state index contributed by atoms with van der Waals surface area (Å²) in [5.74, 6) is -0.273. The molecule has 0 aliphatic carbocycles. The van der Waals surface area contributed by atoms with Crippen LogP contribution in [0, 0.1) is 5.82 Å². The molecular formula is C15H19BrFN3O. The number of aliphatic hydroxyl groups is 1. The van der Waals surface area contributed by atoms with Crippen LogP contribution in [0.4, 0.5) is 4.39 Å². The van der Waals surface area contributed by atoms with Crippen LogP contribution in [-0.2, 0) is 13.0 Å². The molecule has 1 aromatic carbocycles. The van der Waals surface area contributed by atoms with Gasteiger partial charge in [0.15, 0.2) is 0 Å². The molecule has 0 bridgehead atoms. The quantitative estimate of drug-likeness (QED) is 0.865. The molecule has 0 spiro atoms. The predicted molar refractivity (Wildman–Crippen MR) is 83.5 cm³/mol. The van der Waals surface area contributed by atoms with Gasteiger partial charge in [-0.2, -0.15) is 5.10 Å². The SMILES string of the molecule is CN(C)CCn1ncc(Br)c1C(O)Cc1ccc(F)cc1. The molecule has 0 fully saturated rings. The summed E-state index contributed by atoms with van der Waals surface area (Å²) in [4.78, 5) is 2.06. The monoisotopic (exact) mass is 355 g/mol. The van der Waals surface area contributed by atoms with E-state index in [9.17, 15) is 9.50 Å². The third-order valence-corrected chi connectivity index (χ3v) is 3.86. The highest BCUT2D eigenvalue weighted by Gasteiger charge is 2.18. The molecule has 1 unspecified atom stereocenters. The first kappa shape index (κ1) is 16.1. The molecule has 2 rings (SSSR count). The third kappa shape index (κ3) is 4.36. The molecule has 1 heterocycles. The van der Waals surface area contributed by atoms with Gasteiger partial charge in [-0.3, -0.25) is 4.68 Å². The van der Waals surface area contributed by atoms with E-state index in [-0.39, 0.29) is 5.82 Å². The average Bonchev–Trinajstić information content (AvgIpc) is 2.80. The molecule has 1 aromatic heterocycles. The Hall–Kier alpha value is -1.24. The maximum Gasteiger partial charge on any atom is 0.123 e. The first-order valence-electron chi connectivity index (χ1n) is 6.76. The van der Waals surface area contributed by atoms with E-state index in [0.29, 0.717) is 13.0 Å². The number of aromatic nitrogens is 2. The maximum atomic E-state index is 12.9. The lowest BCUT2D eigenvalue weighted by Gasteiger charge is -2.16.